The Balaban J connectivity index is 1.43. The predicted molar refractivity (Wildman–Crippen MR) is 110 cm³/mol. The number of fused-ring (bicyclic) bond motifs is 1. The number of nitrogens with one attached hydrogen (secondary N) is 2. The van der Waals surface area contributed by atoms with Gasteiger partial charge in [0, 0.05) is 50.7 Å². The van der Waals surface area contributed by atoms with Crippen LogP contribution in [0.3, 0.4) is 0 Å². The first-order chi connectivity index (χ1) is 13.3. The summed E-state index contributed by atoms with van der Waals surface area (Å²) in [5.41, 5.74) is 2.39. The second kappa shape index (κ2) is 9.62. The highest BCUT2D eigenvalue weighted by Gasteiger charge is 2.02. The highest BCUT2D eigenvalue weighted by Crippen LogP contribution is 2.15. The van der Waals surface area contributed by atoms with Crippen molar-refractivity contribution in [1.29, 1.82) is 0 Å². The number of rotatable bonds is 8. The number of hydrogen-bond acceptors (Lipinski definition) is 3. The van der Waals surface area contributed by atoms with E-state index in [1.807, 2.05) is 19.1 Å². The normalized spacial score (nSPS) is 11.6. The van der Waals surface area contributed by atoms with E-state index in [0.717, 1.165) is 31.0 Å². The molecule has 0 radical (unpaired) electrons. The number of nitrogens with zero attached hydrogens (tertiary/aromatic N) is 3. The predicted octanol–water partition coefficient (Wildman–Crippen LogP) is 3.19. The molecular weight excluding hydrogens is 338 g/mol. The summed E-state index contributed by atoms with van der Waals surface area (Å²) in [6.45, 7) is 5.06. The average molecular weight is 365 g/mol. The van der Waals surface area contributed by atoms with Gasteiger partial charge in [-0.15, -0.1) is 0 Å². The average Bonchev–Trinajstić information content (AvgIpc) is 3.11. The molecular formula is C21H27N5O. The van der Waals surface area contributed by atoms with E-state index < -0.39 is 0 Å². The van der Waals surface area contributed by atoms with Gasteiger partial charge in [-0.25, -0.2) is 4.98 Å². The van der Waals surface area contributed by atoms with E-state index in [9.17, 15) is 0 Å². The van der Waals surface area contributed by atoms with E-state index in [-0.39, 0.29) is 0 Å². The molecule has 0 saturated heterocycles. The third-order valence-electron chi connectivity index (χ3n) is 4.32. The maximum absolute atomic E-state index is 5.44. The molecule has 0 unspecified atom stereocenters. The first-order valence-electron chi connectivity index (χ1n) is 9.36. The molecule has 1 aromatic carbocycles. The molecule has 0 atom stereocenters. The molecule has 6 heteroatoms. The van der Waals surface area contributed by atoms with Gasteiger partial charge in [0.25, 0.3) is 0 Å². The van der Waals surface area contributed by atoms with Gasteiger partial charge in [0.1, 0.15) is 0 Å². The Hall–Kier alpha value is -3.02. The molecule has 2 heterocycles. The Morgan fingerprint density at radius 3 is 2.93 bits per heavy atom. The van der Waals surface area contributed by atoms with Crippen molar-refractivity contribution in [2.45, 2.75) is 26.4 Å². The number of pyridine rings is 1. The number of hydrogen-bond donors (Lipinski definition) is 2. The van der Waals surface area contributed by atoms with Crippen LogP contribution >= 0.6 is 0 Å². The molecule has 0 bridgehead atoms. The molecule has 27 heavy (non-hydrogen) atoms. The van der Waals surface area contributed by atoms with E-state index in [1.54, 1.807) is 13.2 Å². The second-order valence-electron chi connectivity index (χ2n) is 6.21. The third kappa shape index (κ3) is 5.23. The smallest absolute Gasteiger partial charge is 0.213 e. The van der Waals surface area contributed by atoms with E-state index >= 15 is 0 Å². The van der Waals surface area contributed by atoms with Gasteiger partial charge in [0.05, 0.1) is 6.61 Å². The van der Waals surface area contributed by atoms with E-state index in [0.29, 0.717) is 19.0 Å². The van der Waals surface area contributed by atoms with Gasteiger partial charge >= 0.3 is 0 Å². The van der Waals surface area contributed by atoms with Crippen LogP contribution < -0.4 is 15.4 Å². The van der Waals surface area contributed by atoms with Crippen molar-refractivity contribution in [2.24, 2.45) is 4.99 Å². The summed E-state index contributed by atoms with van der Waals surface area (Å²) in [5, 5.41) is 7.98. The van der Waals surface area contributed by atoms with Gasteiger partial charge < -0.3 is 19.9 Å². The Kier molecular flexibility index (Phi) is 6.68. The van der Waals surface area contributed by atoms with Gasteiger partial charge in [-0.05, 0) is 42.5 Å². The standard InChI is InChI=1S/C21H27N5O/c1-3-27-20-15-17(9-12-23-20)16-25-21(22-2)24-11-6-13-26-14-10-18-7-4-5-8-19(18)26/h4-5,7-10,12,14-15H,3,6,11,13,16H2,1-2H3,(H2,22,24,25). The van der Waals surface area contributed by atoms with E-state index in [2.05, 4.69) is 61.7 Å². The van der Waals surface area contributed by atoms with Gasteiger partial charge in [-0.2, -0.15) is 0 Å². The summed E-state index contributed by atoms with van der Waals surface area (Å²) >= 11 is 0. The lowest BCUT2D eigenvalue weighted by molar-refractivity contribution is 0.326. The molecule has 6 nitrogen and oxygen atoms in total. The third-order valence-corrected chi connectivity index (χ3v) is 4.32. The van der Waals surface area contributed by atoms with Crippen LogP contribution in [-0.2, 0) is 13.1 Å². The van der Waals surface area contributed by atoms with Crippen LogP contribution in [0, 0.1) is 0 Å². The minimum Gasteiger partial charge on any atom is -0.478 e. The molecule has 0 fully saturated rings. The monoisotopic (exact) mass is 365 g/mol. The summed E-state index contributed by atoms with van der Waals surface area (Å²) in [5.74, 6) is 1.45. The maximum atomic E-state index is 5.44. The molecule has 0 aliphatic carbocycles. The molecule has 0 aliphatic heterocycles. The first kappa shape index (κ1) is 18.8. The summed E-state index contributed by atoms with van der Waals surface area (Å²) in [7, 11) is 1.78. The van der Waals surface area contributed by atoms with Crippen LogP contribution in [0.25, 0.3) is 10.9 Å². The molecule has 0 spiro atoms. The Labute approximate surface area is 160 Å². The first-order valence-corrected chi connectivity index (χ1v) is 9.36. The maximum Gasteiger partial charge on any atom is 0.213 e. The van der Waals surface area contributed by atoms with Crippen LogP contribution in [0.2, 0.25) is 0 Å². The van der Waals surface area contributed by atoms with Gasteiger partial charge in [0.15, 0.2) is 5.96 Å². The van der Waals surface area contributed by atoms with Crippen LogP contribution in [0.1, 0.15) is 18.9 Å². The summed E-state index contributed by atoms with van der Waals surface area (Å²) in [6, 6.07) is 14.5. The van der Waals surface area contributed by atoms with Crippen molar-refractivity contribution in [1.82, 2.24) is 20.2 Å². The van der Waals surface area contributed by atoms with Gasteiger partial charge in [0.2, 0.25) is 5.88 Å². The van der Waals surface area contributed by atoms with Gasteiger partial charge in [-0.1, -0.05) is 18.2 Å². The van der Waals surface area contributed by atoms with Crippen molar-refractivity contribution in [2.75, 3.05) is 20.2 Å². The van der Waals surface area contributed by atoms with Crippen molar-refractivity contribution >= 4 is 16.9 Å². The molecule has 2 aromatic heterocycles. The Bertz CT molecular complexity index is 887. The number of para-hydroxylation sites is 1. The highest BCUT2D eigenvalue weighted by molar-refractivity contribution is 5.80. The molecule has 3 rings (SSSR count). The number of ether oxygens (including phenoxy) is 1. The highest BCUT2D eigenvalue weighted by atomic mass is 16.5. The fourth-order valence-corrected chi connectivity index (χ4v) is 2.99. The summed E-state index contributed by atoms with van der Waals surface area (Å²) in [6.07, 6.45) is 4.93. The van der Waals surface area contributed by atoms with Crippen molar-refractivity contribution < 1.29 is 4.74 Å². The van der Waals surface area contributed by atoms with Gasteiger partial charge in [-0.3, -0.25) is 4.99 Å². The topological polar surface area (TPSA) is 63.5 Å². The Morgan fingerprint density at radius 2 is 2.07 bits per heavy atom. The van der Waals surface area contributed by atoms with Crippen LogP contribution in [0.5, 0.6) is 5.88 Å². The molecule has 0 saturated carbocycles. The lowest BCUT2D eigenvalue weighted by Gasteiger charge is -2.13. The number of guanidine groups is 1. The molecule has 0 amide bonds. The fraction of sp³-hybridized carbons (Fsp3) is 0.333. The van der Waals surface area contributed by atoms with Crippen LogP contribution in [0.4, 0.5) is 0 Å². The number of benzene rings is 1. The molecule has 0 aliphatic rings. The minimum absolute atomic E-state index is 0.615. The zero-order valence-corrected chi connectivity index (χ0v) is 16.0. The summed E-state index contributed by atoms with van der Waals surface area (Å²) < 4.78 is 7.73. The van der Waals surface area contributed by atoms with E-state index in [1.165, 1.54) is 10.9 Å². The van der Waals surface area contributed by atoms with Crippen molar-refractivity contribution in [3.05, 3.63) is 60.4 Å². The number of aromatic nitrogens is 2. The quantitative estimate of drug-likeness (QED) is 0.366. The zero-order valence-electron chi connectivity index (χ0n) is 16.0. The van der Waals surface area contributed by atoms with Crippen molar-refractivity contribution in [3.8, 4) is 5.88 Å². The SMILES string of the molecule is CCOc1cc(CNC(=NC)NCCCn2ccc3ccccc32)ccn1. The van der Waals surface area contributed by atoms with E-state index in [4.69, 9.17) is 4.74 Å². The molecule has 2 N–H and O–H groups in total. The lowest BCUT2D eigenvalue weighted by Crippen LogP contribution is -2.37. The molecule has 3 aromatic rings. The summed E-state index contributed by atoms with van der Waals surface area (Å²) in [4.78, 5) is 8.47. The zero-order chi connectivity index (χ0) is 18.9. The minimum atomic E-state index is 0.615. The lowest BCUT2D eigenvalue weighted by atomic mass is 10.2. The Morgan fingerprint density at radius 1 is 1.19 bits per heavy atom. The number of aliphatic imine (C=N–C) groups is 1. The van der Waals surface area contributed by atoms with Crippen LogP contribution in [-0.4, -0.2) is 35.7 Å². The number of aryl methyl sites for hydroxylation is 1. The fourth-order valence-electron chi connectivity index (χ4n) is 2.99. The molecule has 142 valence electrons. The van der Waals surface area contributed by atoms with Crippen LogP contribution in [0.15, 0.2) is 59.9 Å². The second-order valence-corrected chi connectivity index (χ2v) is 6.21. The largest absolute Gasteiger partial charge is 0.478 e. The van der Waals surface area contributed by atoms with Crippen molar-refractivity contribution in [3.63, 3.8) is 0 Å².